The van der Waals surface area contributed by atoms with E-state index in [0.29, 0.717) is 37.7 Å². The van der Waals surface area contributed by atoms with Gasteiger partial charge in [-0.05, 0) is 39.5 Å². The molecule has 0 amide bonds. The van der Waals surface area contributed by atoms with Crippen molar-refractivity contribution in [1.29, 1.82) is 0 Å². The van der Waals surface area contributed by atoms with Crippen molar-refractivity contribution in [1.82, 2.24) is 14.3 Å². The molecule has 0 spiro atoms. The summed E-state index contributed by atoms with van der Waals surface area (Å²) in [5, 5.41) is 15.9. The Morgan fingerprint density at radius 3 is 2.39 bits per heavy atom. The minimum Gasteiger partial charge on any atom is -0.478 e. The first kappa shape index (κ1) is 26.9. The number of carboxylic acid groups (broad SMARTS) is 1. The SMILES string of the molecule is C.CCC(CC)Nc1nc(NC2CCN(S(C)(=O)=O)CC2)ncc1OC(C)(C)C(=O)O. The number of carbonyl (C=O) groups is 1. The van der Waals surface area contributed by atoms with Crippen molar-refractivity contribution >= 4 is 27.8 Å². The average Bonchev–Trinajstić information content (AvgIpc) is 2.67. The highest BCUT2D eigenvalue weighted by molar-refractivity contribution is 7.88. The molecule has 0 aliphatic carbocycles. The third-order valence-electron chi connectivity index (χ3n) is 5.22. The van der Waals surface area contributed by atoms with E-state index >= 15 is 0 Å². The fourth-order valence-corrected chi connectivity index (χ4v) is 4.01. The smallest absolute Gasteiger partial charge is 0.347 e. The largest absolute Gasteiger partial charge is 0.478 e. The summed E-state index contributed by atoms with van der Waals surface area (Å²) < 4.78 is 30.5. The molecule has 2 rings (SSSR count). The molecule has 10 nitrogen and oxygen atoms in total. The lowest BCUT2D eigenvalue weighted by atomic mass is 10.1. The van der Waals surface area contributed by atoms with Crippen molar-refractivity contribution in [2.45, 2.75) is 78.5 Å². The topological polar surface area (TPSA) is 134 Å². The molecule has 0 atom stereocenters. The molecule has 11 heteroatoms. The summed E-state index contributed by atoms with van der Waals surface area (Å²) in [5.41, 5.74) is -1.43. The molecule has 0 aromatic carbocycles. The van der Waals surface area contributed by atoms with Crippen molar-refractivity contribution in [2.75, 3.05) is 30.0 Å². The maximum atomic E-state index is 11.7. The number of nitrogens with zero attached hydrogens (tertiary/aromatic N) is 3. The predicted molar refractivity (Wildman–Crippen MR) is 122 cm³/mol. The van der Waals surface area contributed by atoms with Gasteiger partial charge in [0.2, 0.25) is 16.0 Å². The molecular formula is C20H37N5O5S. The highest BCUT2D eigenvalue weighted by atomic mass is 32.2. The Kier molecular flexibility index (Phi) is 9.49. The second-order valence-corrected chi connectivity index (χ2v) is 10.0. The summed E-state index contributed by atoms with van der Waals surface area (Å²) in [6.45, 7) is 7.94. The number of carboxylic acids is 1. The number of nitrogens with one attached hydrogen (secondary N) is 2. The van der Waals surface area contributed by atoms with Gasteiger partial charge in [0.25, 0.3) is 0 Å². The molecule has 1 aromatic rings. The van der Waals surface area contributed by atoms with Crippen LogP contribution in [0.4, 0.5) is 11.8 Å². The molecule has 0 radical (unpaired) electrons. The first-order valence-corrected chi connectivity index (χ1v) is 12.1. The highest BCUT2D eigenvalue weighted by Gasteiger charge is 2.31. The Balaban J connectivity index is 0.00000480. The number of hydrogen-bond donors (Lipinski definition) is 3. The first-order valence-electron chi connectivity index (χ1n) is 10.2. The third-order valence-corrected chi connectivity index (χ3v) is 6.52. The normalized spacial score (nSPS) is 15.9. The molecule has 0 saturated carbocycles. The van der Waals surface area contributed by atoms with Crippen LogP contribution in [-0.2, 0) is 14.8 Å². The molecule has 31 heavy (non-hydrogen) atoms. The molecule has 0 unspecified atom stereocenters. The summed E-state index contributed by atoms with van der Waals surface area (Å²) in [5.74, 6) is 0.00778. The maximum absolute atomic E-state index is 11.7. The summed E-state index contributed by atoms with van der Waals surface area (Å²) >= 11 is 0. The van der Waals surface area contributed by atoms with E-state index < -0.39 is 21.6 Å². The van der Waals surface area contributed by atoms with Gasteiger partial charge in [0.15, 0.2) is 17.2 Å². The van der Waals surface area contributed by atoms with E-state index in [1.807, 2.05) is 0 Å². The lowest BCUT2D eigenvalue weighted by molar-refractivity contribution is -0.152. The van der Waals surface area contributed by atoms with E-state index in [0.717, 1.165) is 12.8 Å². The lowest BCUT2D eigenvalue weighted by Gasteiger charge is -2.31. The fraction of sp³-hybridized carbons (Fsp3) is 0.750. The Labute approximate surface area is 185 Å². The Hall–Kier alpha value is -2.14. The summed E-state index contributed by atoms with van der Waals surface area (Å²) in [7, 11) is -3.18. The van der Waals surface area contributed by atoms with Gasteiger partial charge in [-0.3, -0.25) is 0 Å². The number of anilines is 2. The van der Waals surface area contributed by atoms with Gasteiger partial charge in [-0.2, -0.15) is 4.98 Å². The number of ether oxygens (including phenoxy) is 1. The van der Waals surface area contributed by atoms with E-state index in [4.69, 9.17) is 4.74 Å². The Bertz CT molecular complexity index is 834. The van der Waals surface area contributed by atoms with Crippen LogP contribution in [0.1, 0.15) is 60.8 Å². The predicted octanol–water partition coefficient (Wildman–Crippen LogP) is 2.79. The molecule has 0 bridgehead atoms. The molecule has 3 N–H and O–H groups in total. The van der Waals surface area contributed by atoms with Gasteiger partial charge in [-0.1, -0.05) is 21.3 Å². The molecule has 2 heterocycles. The average molecular weight is 460 g/mol. The third kappa shape index (κ3) is 7.49. The minimum absolute atomic E-state index is 0. The van der Waals surface area contributed by atoms with Crippen molar-refractivity contribution in [3.05, 3.63) is 6.20 Å². The standard InChI is InChI=1S/C19H33N5O5S.CH4/c1-6-13(7-2)21-16-15(29-19(3,4)17(25)26)12-20-18(23-16)22-14-8-10-24(11-9-14)30(5,27)28;/h12-14H,6-11H2,1-5H3,(H,25,26)(H2,20,21,22,23);1H4. The second kappa shape index (κ2) is 10.9. The number of rotatable bonds is 10. The number of hydrogen-bond acceptors (Lipinski definition) is 8. The molecular weight excluding hydrogens is 422 g/mol. The Morgan fingerprint density at radius 2 is 1.90 bits per heavy atom. The maximum Gasteiger partial charge on any atom is 0.347 e. The van der Waals surface area contributed by atoms with Gasteiger partial charge >= 0.3 is 5.97 Å². The van der Waals surface area contributed by atoms with E-state index in [9.17, 15) is 18.3 Å². The molecule has 1 saturated heterocycles. The molecule has 1 aromatic heterocycles. The summed E-state index contributed by atoms with van der Waals surface area (Å²) in [6.07, 6.45) is 5.73. The number of piperidine rings is 1. The van der Waals surface area contributed by atoms with Crippen LogP contribution in [0.2, 0.25) is 0 Å². The van der Waals surface area contributed by atoms with Crippen LogP contribution in [0, 0.1) is 0 Å². The van der Waals surface area contributed by atoms with Gasteiger partial charge < -0.3 is 20.5 Å². The minimum atomic E-state index is -3.18. The molecule has 1 aliphatic rings. The summed E-state index contributed by atoms with van der Waals surface area (Å²) in [4.78, 5) is 20.3. The molecule has 1 fully saturated rings. The van der Waals surface area contributed by atoms with Crippen molar-refractivity contribution < 1.29 is 23.1 Å². The quantitative estimate of drug-likeness (QED) is 0.483. The van der Waals surface area contributed by atoms with Crippen LogP contribution in [0.3, 0.4) is 0 Å². The number of aromatic nitrogens is 2. The van der Waals surface area contributed by atoms with Crippen LogP contribution >= 0.6 is 0 Å². The monoisotopic (exact) mass is 459 g/mol. The van der Waals surface area contributed by atoms with Crippen LogP contribution in [0.25, 0.3) is 0 Å². The van der Waals surface area contributed by atoms with Crippen LogP contribution in [0.5, 0.6) is 5.75 Å². The van der Waals surface area contributed by atoms with Crippen LogP contribution in [-0.4, -0.2) is 70.8 Å². The van der Waals surface area contributed by atoms with Gasteiger partial charge in [-0.25, -0.2) is 22.5 Å². The zero-order valence-electron chi connectivity index (χ0n) is 18.3. The first-order chi connectivity index (χ1) is 14.0. The van der Waals surface area contributed by atoms with E-state index in [1.165, 1.54) is 30.6 Å². The zero-order valence-corrected chi connectivity index (χ0v) is 19.1. The van der Waals surface area contributed by atoms with Crippen molar-refractivity contribution in [3.8, 4) is 5.75 Å². The zero-order chi connectivity index (χ0) is 22.5. The van der Waals surface area contributed by atoms with Gasteiger partial charge in [0.05, 0.1) is 12.5 Å². The highest BCUT2D eigenvalue weighted by Crippen LogP contribution is 2.29. The van der Waals surface area contributed by atoms with Gasteiger partial charge in [0, 0.05) is 25.2 Å². The van der Waals surface area contributed by atoms with Crippen molar-refractivity contribution in [3.63, 3.8) is 0 Å². The van der Waals surface area contributed by atoms with E-state index in [1.54, 1.807) is 0 Å². The van der Waals surface area contributed by atoms with E-state index in [2.05, 4.69) is 34.4 Å². The number of aliphatic carboxylic acids is 1. The fourth-order valence-electron chi connectivity index (χ4n) is 3.14. The number of sulfonamides is 1. The van der Waals surface area contributed by atoms with Crippen LogP contribution in [0.15, 0.2) is 6.20 Å². The Morgan fingerprint density at radius 1 is 1.32 bits per heavy atom. The second-order valence-electron chi connectivity index (χ2n) is 8.06. The molecule has 178 valence electrons. The van der Waals surface area contributed by atoms with Gasteiger partial charge in [-0.15, -0.1) is 0 Å². The molecule has 1 aliphatic heterocycles. The van der Waals surface area contributed by atoms with Crippen molar-refractivity contribution in [2.24, 2.45) is 0 Å². The lowest BCUT2D eigenvalue weighted by Crippen LogP contribution is -2.42. The van der Waals surface area contributed by atoms with E-state index in [-0.39, 0.29) is 25.3 Å². The summed E-state index contributed by atoms with van der Waals surface area (Å²) in [6, 6.07) is 0.201. The van der Waals surface area contributed by atoms with Crippen LogP contribution < -0.4 is 15.4 Å². The van der Waals surface area contributed by atoms with Gasteiger partial charge in [0.1, 0.15) is 0 Å².